The monoisotopic (exact) mass is 210 g/mol. The highest BCUT2D eigenvalue weighted by Gasteiger charge is 2.26. The molecule has 0 spiro atoms. The molecule has 1 aromatic rings. The topological polar surface area (TPSA) is 72.3 Å². The summed E-state index contributed by atoms with van der Waals surface area (Å²) in [5.41, 5.74) is 0.138. The van der Waals surface area contributed by atoms with Gasteiger partial charge in [0, 0.05) is 11.5 Å². The third-order valence-electron chi connectivity index (χ3n) is 2.14. The van der Waals surface area contributed by atoms with Crippen molar-refractivity contribution in [2.45, 2.75) is 25.7 Å². The summed E-state index contributed by atoms with van der Waals surface area (Å²) in [5.74, 6) is -0.406. The maximum Gasteiger partial charge on any atom is 0.304 e. The van der Waals surface area contributed by atoms with Gasteiger partial charge in [0.15, 0.2) is 0 Å². The molecule has 0 atom stereocenters. The Morgan fingerprint density at radius 1 is 1.53 bits per heavy atom. The molecule has 82 valence electrons. The van der Waals surface area contributed by atoms with Crippen LogP contribution in [0.3, 0.4) is 0 Å². The number of rotatable bonds is 4. The molecule has 1 aromatic heterocycles. The summed E-state index contributed by atoms with van der Waals surface area (Å²) >= 11 is 0. The summed E-state index contributed by atoms with van der Waals surface area (Å²) in [6.45, 7) is 3.64. The number of hydrogen-bond donors (Lipinski definition) is 1. The zero-order chi connectivity index (χ0) is 11.5. The lowest BCUT2D eigenvalue weighted by atomic mass is 9.85. The van der Waals surface area contributed by atoms with Crippen LogP contribution >= 0.6 is 0 Å². The van der Waals surface area contributed by atoms with E-state index < -0.39 is 11.4 Å². The van der Waals surface area contributed by atoms with Crippen LogP contribution < -0.4 is 4.74 Å². The van der Waals surface area contributed by atoms with E-state index >= 15 is 0 Å². The third kappa shape index (κ3) is 2.90. The SMILES string of the molecule is COc1cc(C(C)(C)CC(=O)O)ncn1. The Bertz CT molecular complexity index is 363. The van der Waals surface area contributed by atoms with Gasteiger partial charge in [-0.15, -0.1) is 0 Å². The Morgan fingerprint density at radius 3 is 2.73 bits per heavy atom. The highest BCUT2D eigenvalue weighted by molar-refractivity contribution is 5.68. The zero-order valence-corrected chi connectivity index (χ0v) is 9.02. The summed E-state index contributed by atoms with van der Waals surface area (Å²) in [5, 5.41) is 8.76. The molecular formula is C10H14N2O3. The van der Waals surface area contributed by atoms with E-state index in [4.69, 9.17) is 9.84 Å². The first-order valence-corrected chi connectivity index (χ1v) is 4.54. The van der Waals surface area contributed by atoms with Crippen molar-refractivity contribution in [3.05, 3.63) is 18.1 Å². The summed E-state index contributed by atoms with van der Waals surface area (Å²) < 4.78 is 4.96. The van der Waals surface area contributed by atoms with Crippen molar-refractivity contribution in [2.75, 3.05) is 7.11 Å². The van der Waals surface area contributed by atoms with Crippen LogP contribution in [0.2, 0.25) is 0 Å². The van der Waals surface area contributed by atoms with Gasteiger partial charge in [-0.25, -0.2) is 9.97 Å². The van der Waals surface area contributed by atoms with Crippen LogP contribution in [0.25, 0.3) is 0 Å². The lowest BCUT2D eigenvalue weighted by molar-refractivity contribution is -0.138. The highest BCUT2D eigenvalue weighted by atomic mass is 16.5. The first kappa shape index (κ1) is 11.4. The number of methoxy groups -OCH3 is 1. The van der Waals surface area contributed by atoms with Crippen molar-refractivity contribution < 1.29 is 14.6 Å². The second kappa shape index (κ2) is 4.25. The number of aromatic nitrogens is 2. The van der Waals surface area contributed by atoms with Crippen LogP contribution in [-0.2, 0) is 10.2 Å². The van der Waals surface area contributed by atoms with Crippen molar-refractivity contribution in [1.82, 2.24) is 9.97 Å². The average molecular weight is 210 g/mol. The van der Waals surface area contributed by atoms with Gasteiger partial charge in [0.1, 0.15) is 6.33 Å². The summed E-state index contributed by atoms with van der Waals surface area (Å²) in [6.07, 6.45) is 1.39. The van der Waals surface area contributed by atoms with Gasteiger partial charge in [-0.3, -0.25) is 4.79 Å². The number of carboxylic acid groups (broad SMARTS) is 1. The van der Waals surface area contributed by atoms with Crippen molar-refractivity contribution >= 4 is 5.97 Å². The number of aliphatic carboxylic acids is 1. The van der Waals surface area contributed by atoms with E-state index in [1.54, 1.807) is 6.07 Å². The molecule has 0 fully saturated rings. The molecule has 0 radical (unpaired) electrons. The summed E-state index contributed by atoms with van der Waals surface area (Å²) in [4.78, 5) is 18.6. The smallest absolute Gasteiger partial charge is 0.304 e. The molecule has 0 amide bonds. The van der Waals surface area contributed by atoms with E-state index in [1.165, 1.54) is 13.4 Å². The normalized spacial score (nSPS) is 11.1. The van der Waals surface area contributed by atoms with Crippen LogP contribution in [0.15, 0.2) is 12.4 Å². The number of ether oxygens (including phenoxy) is 1. The quantitative estimate of drug-likeness (QED) is 0.809. The Hall–Kier alpha value is -1.65. The van der Waals surface area contributed by atoms with Gasteiger partial charge in [0.25, 0.3) is 0 Å². The van der Waals surface area contributed by atoms with E-state index in [1.807, 2.05) is 13.8 Å². The van der Waals surface area contributed by atoms with Gasteiger partial charge in [0.05, 0.1) is 19.2 Å². The number of carbonyl (C=O) groups is 1. The molecule has 0 aromatic carbocycles. The molecule has 0 aliphatic carbocycles. The first-order valence-electron chi connectivity index (χ1n) is 4.54. The Morgan fingerprint density at radius 2 is 2.20 bits per heavy atom. The van der Waals surface area contributed by atoms with Gasteiger partial charge in [-0.2, -0.15) is 0 Å². The van der Waals surface area contributed by atoms with Gasteiger partial charge in [0.2, 0.25) is 5.88 Å². The molecule has 1 rings (SSSR count). The van der Waals surface area contributed by atoms with Gasteiger partial charge in [-0.05, 0) is 0 Å². The fourth-order valence-electron chi connectivity index (χ4n) is 1.29. The minimum atomic E-state index is -0.849. The van der Waals surface area contributed by atoms with Crippen LogP contribution in [-0.4, -0.2) is 28.2 Å². The average Bonchev–Trinajstić information content (AvgIpc) is 2.16. The predicted molar refractivity (Wildman–Crippen MR) is 53.9 cm³/mol. The minimum Gasteiger partial charge on any atom is -0.481 e. The maximum absolute atomic E-state index is 10.7. The molecule has 0 bridgehead atoms. The number of carboxylic acids is 1. The van der Waals surface area contributed by atoms with Crippen LogP contribution in [0, 0.1) is 0 Å². The van der Waals surface area contributed by atoms with E-state index in [-0.39, 0.29) is 6.42 Å². The molecule has 15 heavy (non-hydrogen) atoms. The van der Waals surface area contributed by atoms with Gasteiger partial charge >= 0.3 is 5.97 Å². The van der Waals surface area contributed by atoms with Crippen molar-refractivity contribution in [3.63, 3.8) is 0 Å². The zero-order valence-electron chi connectivity index (χ0n) is 9.02. The predicted octanol–water partition coefficient (Wildman–Crippen LogP) is 1.24. The number of nitrogens with zero attached hydrogens (tertiary/aromatic N) is 2. The highest BCUT2D eigenvalue weighted by Crippen LogP contribution is 2.26. The second-order valence-corrected chi connectivity index (χ2v) is 3.90. The van der Waals surface area contributed by atoms with Crippen LogP contribution in [0.1, 0.15) is 26.0 Å². The Balaban J connectivity index is 2.98. The molecule has 0 aliphatic heterocycles. The molecule has 1 N–H and O–H groups in total. The van der Waals surface area contributed by atoms with Gasteiger partial charge in [-0.1, -0.05) is 13.8 Å². The molecule has 0 saturated heterocycles. The van der Waals surface area contributed by atoms with Gasteiger partial charge < -0.3 is 9.84 Å². The fraction of sp³-hybridized carbons (Fsp3) is 0.500. The molecule has 1 heterocycles. The summed E-state index contributed by atoms with van der Waals surface area (Å²) in [7, 11) is 1.51. The molecule has 0 aliphatic rings. The van der Waals surface area contributed by atoms with E-state index in [0.29, 0.717) is 11.6 Å². The minimum absolute atomic E-state index is 0.0210. The lowest BCUT2D eigenvalue weighted by Crippen LogP contribution is -2.23. The second-order valence-electron chi connectivity index (χ2n) is 3.90. The Kier molecular flexibility index (Phi) is 3.24. The van der Waals surface area contributed by atoms with E-state index in [9.17, 15) is 4.79 Å². The lowest BCUT2D eigenvalue weighted by Gasteiger charge is -2.21. The fourth-order valence-corrected chi connectivity index (χ4v) is 1.29. The standard InChI is InChI=1S/C10H14N2O3/c1-10(2,5-9(13)14)7-4-8(15-3)12-6-11-7/h4,6H,5H2,1-3H3,(H,13,14). The molecule has 0 saturated carbocycles. The van der Waals surface area contributed by atoms with Crippen molar-refractivity contribution in [2.24, 2.45) is 0 Å². The van der Waals surface area contributed by atoms with Crippen molar-refractivity contribution in [3.8, 4) is 5.88 Å². The molecule has 5 nitrogen and oxygen atoms in total. The third-order valence-corrected chi connectivity index (χ3v) is 2.14. The Labute approximate surface area is 88.1 Å². The molecule has 5 heteroatoms. The van der Waals surface area contributed by atoms with E-state index in [2.05, 4.69) is 9.97 Å². The van der Waals surface area contributed by atoms with Crippen LogP contribution in [0.4, 0.5) is 0 Å². The van der Waals surface area contributed by atoms with E-state index in [0.717, 1.165) is 0 Å². The maximum atomic E-state index is 10.7. The molecule has 0 unspecified atom stereocenters. The number of hydrogen-bond acceptors (Lipinski definition) is 4. The van der Waals surface area contributed by atoms with Crippen molar-refractivity contribution in [1.29, 1.82) is 0 Å². The van der Waals surface area contributed by atoms with Crippen LogP contribution in [0.5, 0.6) is 5.88 Å². The largest absolute Gasteiger partial charge is 0.481 e. The summed E-state index contributed by atoms with van der Waals surface area (Å²) in [6, 6.07) is 1.66. The molecular weight excluding hydrogens is 196 g/mol. The first-order chi connectivity index (χ1) is 6.95.